The molecule has 0 amide bonds. The summed E-state index contributed by atoms with van der Waals surface area (Å²) in [6, 6.07) is 0.693. The lowest BCUT2D eigenvalue weighted by atomic mass is 9.98. The Morgan fingerprint density at radius 3 is 2.29 bits per heavy atom. The van der Waals surface area contributed by atoms with Crippen molar-refractivity contribution in [3.05, 3.63) is 0 Å². The van der Waals surface area contributed by atoms with Crippen LogP contribution in [-0.2, 0) is 0 Å². The molecule has 1 fully saturated rings. The van der Waals surface area contributed by atoms with Gasteiger partial charge in [0.25, 0.3) is 0 Å². The van der Waals surface area contributed by atoms with Crippen LogP contribution in [0.2, 0.25) is 0 Å². The zero-order valence-electron chi connectivity index (χ0n) is 11.9. The van der Waals surface area contributed by atoms with E-state index in [0.717, 1.165) is 12.5 Å². The lowest BCUT2D eigenvalue weighted by molar-refractivity contribution is 0.0844. The predicted octanol–water partition coefficient (Wildman–Crippen LogP) is 1.81. The van der Waals surface area contributed by atoms with Crippen LogP contribution in [0.3, 0.4) is 0 Å². The third-order valence-corrected chi connectivity index (χ3v) is 4.24. The minimum Gasteiger partial charge on any atom is -0.395 e. The van der Waals surface area contributed by atoms with E-state index >= 15 is 0 Å². The van der Waals surface area contributed by atoms with E-state index in [1.807, 2.05) is 0 Å². The van der Waals surface area contributed by atoms with Crippen molar-refractivity contribution in [2.75, 3.05) is 39.8 Å². The monoisotopic (exact) mass is 242 g/mol. The normalized spacial score (nSPS) is 19.4. The largest absolute Gasteiger partial charge is 0.395 e. The van der Waals surface area contributed by atoms with Crippen molar-refractivity contribution in [3.63, 3.8) is 0 Å². The van der Waals surface area contributed by atoms with Crippen molar-refractivity contribution in [1.82, 2.24) is 9.80 Å². The lowest BCUT2D eigenvalue weighted by Crippen LogP contribution is -2.46. The van der Waals surface area contributed by atoms with Gasteiger partial charge in [0.1, 0.15) is 0 Å². The van der Waals surface area contributed by atoms with Crippen molar-refractivity contribution in [2.45, 2.75) is 45.6 Å². The maximum Gasteiger partial charge on any atom is 0.0558 e. The molecule has 0 aromatic rings. The number of aliphatic hydroxyl groups is 1. The summed E-state index contributed by atoms with van der Waals surface area (Å²) in [6.07, 6.45) is 5.03. The number of hydrogen-bond donors (Lipinski definition) is 1. The van der Waals surface area contributed by atoms with Gasteiger partial charge in [-0.05, 0) is 38.9 Å². The molecule has 0 bridgehead atoms. The first-order chi connectivity index (χ1) is 8.21. The molecule has 17 heavy (non-hydrogen) atoms. The van der Waals surface area contributed by atoms with Gasteiger partial charge in [0, 0.05) is 19.1 Å². The van der Waals surface area contributed by atoms with Crippen molar-refractivity contribution in [2.24, 2.45) is 5.92 Å². The maximum absolute atomic E-state index is 9.23. The molecule has 0 unspecified atom stereocenters. The molecule has 0 radical (unpaired) electrons. The summed E-state index contributed by atoms with van der Waals surface area (Å²) in [5.74, 6) is 0.793. The summed E-state index contributed by atoms with van der Waals surface area (Å²) in [6.45, 7) is 9.28. The van der Waals surface area contributed by atoms with Gasteiger partial charge >= 0.3 is 0 Å². The molecular weight excluding hydrogens is 212 g/mol. The molecular formula is C14H30N2O. The number of aliphatic hydroxyl groups excluding tert-OH is 1. The summed E-state index contributed by atoms with van der Waals surface area (Å²) >= 11 is 0. The van der Waals surface area contributed by atoms with Gasteiger partial charge in [-0.1, -0.05) is 26.7 Å². The van der Waals surface area contributed by atoms with Crippen molar-refractivity contribution < 1.29 is 5.11 Å². The Hall–Kier alpha value is -0.120. The highest BCUT2D eigenvalue weighted by Gasteiger charge is 2.24. The van der Waals surface area contributed by atoms with Crippen molar-refractivity contribution in [1.29, 1.82) is 0 Å². The van der Waals surface area contributed by atoms with E-state index in [0.29, 0.717) is 12.6 Å². The SMILES string of the molecule is CCC(CC)CN(CCO)C1CCN(C)CC1. The predicted molar refractivity (Wildman–Crippen MR) is 73.2 cm³/mol. The standard InChI is InChI=1S/C14H30N2O/c1-4-13(5-2)12-16(10-11-17)14-6-8-15(3)9-7-14/h13-14,17H,4-12H2,1-3H3. The second-order valence-electron chi connectivity index (χ2n) is 5.44. The minimum absolute atomic E-state index is 0.298. The second-order valence-corrected chi connectivity index (χ2v) is 5.44. The van der Waals surface area contributed by atoms with E-state index in [4.69, 9.17) is 0 Å². The number of piperidine rings is 1. The Kier molecular flexibility index (Phi) is 7.09. The average molecular weight is 242 g/mol. The second kappa shape index (κ2) is 8.06. The fourth-order valence-electron chi connectivity index (χ4n) is 2.79. The van der Waals surface area contributed by atoms with Gasteiger partial charge in [0.15, 0.2) is 0 Å². The molecule has 0 aliphatic carbocycles. The molecule has 3 nitrogen and oxygen atoms in total. The molecule has 0 atom stereocenters. The molecule has 3 heteroatoms. The summed E-state index contributed by atoms with van der Waals surface area (Å²) in [5, 5.41) is 9.23. The first-order valence-corrected chi connectivity index (χ1v) is 7.24. The van der Waals surface area contributed by atoms with Gasteiger partial charge in [0.05, 0.1) is 6.61 Å². The number of rotatable bonds is 7. The first-order valence-electron chi connectivity index (χ1n) is 7.24. The molecule has 1 N–H and O–H groups in total. The Balaban J connectivity index is 2.46. The highest BCUT2D eigenvalue weighted by atomic mass is 16.3. The molecule has 1 aliphatic heterocycles. The zero-order valence-corrected chi connectivity index (χ0v) is 11.9. The zero-order chi connectivity index (χ0) is 12.7. The quantitative estimate of drug-likeness (QED) is 0.737. The molecule has 1 heterocycles. The topological polar surface area (TPSA) is 26.7 Å². The highest BCUT2D eigenvalue weighted by Crippen LogP contribution is 2.19. The maximum atomic E-state index is 9.23. The molecule has 1 rings (SSSR count). The van der Waals surface area contributed by atoms with Crippen LogP contribution in [-0.4, -0.2) is 60.8 Å². The molecule has 0 saturated carbocycles. The summed E-state index contributed by atoms with van der Waals surface area (Å²) in [4.78, 5) is 4.94. The molecule has 0 spiro atoms. The van der Waals surface area contributed by atoms with Gasteiger partial charge in [-0.15, -0.1) is 0 Å². The van der Waals surface area contributed by atoms with Gasteiger partial charge in [-0.3, -0.25) is 4.90 Å². The number of hydrogen-bond acceptors (Lipinski definition) is 3. The average Bonchev–Trinajstić information content (AvgIpc) is 2.35. The van der Waals surface area contributed by atoms with Crippen LogP contribution in [0.15, 0.2) is 0 Å². The summed E-state index contributed by atoms with van der Waals surface area (Å²) in [5.41, 5.74) is 0. The fraction of sp³-hybridized carbons (Fsp3) is 1.00. The van der Waals surface area contributed by atoms with Crippen LogP contribution in [0, 0.1) is 5.92 Å². The van der Waals surface area contributed by atoms with Crippen molar-refractivity contribution >= 4 is 0 Å². The van der Waals surface area contributed by atoms with E-state index in [2.05, 4.69) is 30.7 Å². The molecule has 1 saturated heterocycles. The van der Waals surface area contributed by atoms with Gasteiger partial charge < -0.3 is 10.0 Å². The van der Waals surface area contributed by atoms with E-state index in [1.54, 1.807) is 0 Å². The third kappa shape index (κ3) is 4.94. The third-order valence-electron chi connectivity index (χ3n) is 4.24. The lowest BCUT2D eigenvalue weighted by Gasteiger charge is -2.38. The minimum atomic E-state index is 0.298. The van der Waals surface area contributed by atoms with E-state index in [9.17, 15) is 5.11 Å². The van der Waals surface area contributed by atoms with Crippen LogP contribution >= 0.6 is 0 Å². The Bertz CT molecular complexity index is 187. The highest BCUT2D eigenvalue weighted by molar-refractivity contribution is 4.79. The van der Waals surface area contributed by atoms with E-state index in [1.165, 1.54) is 45.3 Å². The number of nitrogens with zero attached hydrogens (tertiary/aromatic N) is 2. The smallest absolute Gasteiger partial charge is 0.0558 e. The van der Waals surface area contributed by atoms with E-state index < -0.39 is 0 Å². The first kappa shape index (κ1) is 14.9. The van der Waals surface area contributed by atoms with Crippen LogP contribution in [0.5, 0.6) is 0 Å². The van der Waals surface area contributed by atoms with E-state index in [-0.39, 0.29) is 0 Å². The van der Waals surface area contributed by atoms with Gasteiger partial charge in [0.2, 0.25) is 0 Å². The molecule has 1 aliphatic rings. The van der Waals surface area contributed by atoms with Gasteiger partial charge in [-0.25, -0.2) is 0 Å². The summed E-state index contributed by atoms with van der Waals surface area (Å²) in [7, 11) is 2.20. The Labute approximate surface area is 107 Å². The van der Waals surface area contributed by atoms with Crippen LogP contribution in [0.25, 0.3) is 0 Å². The Morgan fingerprint density at radius 2 is 1.82 bits per heavy atom. The number of likely N-dealkylation sites (tertiary alicyclic amines) is 1. The Morgan fingerprint density at radius 1 is 1.24 bits per heavy atom. The molecule has 0 aromatic carbocycles. The van der Waals surface area contributed by atoms with Crippen molar-refractivity contribution in [3.8, 4) is 0 Å². The fourth-order valence-corrected chi connectivity index (χ4v) is 2.79. The van der Waals surface area contributed by atoms with Crippen LogP contribution < -0.4 is 0 Å². The molecule has 0 aromatic heterocycles. The van der Waals surface area contributed by atoms with Crippen LogP contribution in [0.1, 0.15) is 39.5 Å². The van der Waals surface area contributed by atoms with Gasteiger partial charge in [-0.2, -0.15) is 0 Å². The van der Waals surface area contributed by atoms with Crippen LogP contribution in [0.4, 0.5) is 0 Å². The molecule has 102 valence electrons. The summed E-state index contributed by atoms with van der Waals surface area (Å²) < 4.78 is 0.